The Kier molecular flexibility index (Phi) is 8.49. The molecular formula is C22H32F3N5. The third kappa shape index (κ3) is 5.86. The number of rotatable bonds is 6. The minimum absolute atomic E-state index is 0.156. The topological polar surface area (TPSA) is 66.2 Å². The molecule has 0 aliphatic carbocycles. The molecule has 30 heavy (non-hydrogen) atoms. The Balaban J connectivity index is 0.00000155. The molecule has 2 aromatic rings. The molecule has 3 rings (SSSR count). The standard InChI is InChI=1S/C20H26F3N5.C2H6/c1-13(20(21,22)23)19-15-4-3-5-17(26-14-6-10-28(2)11-7-14)16(15)12-18(27-19)25-9-8-24;1-2/h3-5,12,14,26H,1,6-11,24H2,2H3,(H,25,27);1-2H3. The third-order valence-electron chi connectivity index (χ3n) is 5.03. The van der Waals surface area contributed by atoms with Crippen LogP contribution in [0.2, 0.25) is 0 Å². The van der Waals surface area contributed by atoms with Crippen LogP contribution in [-0.2, 0) is 0 Å². The van der Waals surface area contributed by atoms with Gasteiger partial charge in [0.1, 0.15) is 5.82 Å². The highest BCUT2D eigenvalue weighted by Crippen LogP contribution is 2.38. The van der Waals surface area contributed by atoms with Gasteiger partial charge in [0, 0.05) is 35.6 Å². The SMILES string of the molecule is C=C(c1nc(NCCN)cc2c(NC3CCN(C)CC3)cccc12)C(F)(F)F.CC. The maximum absolute atomic E-state index is 13.4. The zero-order valence-corrected chi connectivity index (χ0v) is 17.9. The van der Waals surface area contributed by atoms with Crippen LogP contribution in [0.5, 0.6) is 0 Å². The predicted molar refractivity (Wildman–Crippen MR) is 120 cm³/mol. The molecule has 4 N–H and O–H groups in total. The lowest BCUT2D eigenvalue weighted by atomic mass is 10.0. The Hall–Kier alpha value is -2.32. The zero-order chi connectivity index (χ0) is 22.3. The van der Waals surface area contributed by atoms with Crippen LogP contribution in [0.15, 0.2) is 30.8 Å². The van der Waals surface area contributed by atoms with Gasteiger partial charge in [0.2, 0.25) is 0 Å². The van der Waals surface area contributed by atoms with Gasteiger partial charge < -0.3 is 21.3 Å². The molecule has 0 bridgehead atoms. The molecule has 2 heterocycles. The van der Waals surface area contributed by atoms with Crippen molar-refractivity contribution in [1.82, 2.24) is 9.88 Å². The van der Waals surface area contributed by atoms with Gasteiger partial charge in [0.05, 0.1) is 11.3 Å². The van der Waals surface area contributed by atoms with Gasteiger partial charge in [-0.05, 0) is 45.1 Å². The van der Waals surface area contributed by atoms with Crippen molar-refractivity contribution in [3.05, 3.63) is 36.5 Å². The summed E-state index contributed by atoms with van der Waals surface area (Å²) in [4.78, 5) is 6.45. The summed E-state index contributed by atoms with van der Waals surface area (Å²) >= 11 is 0. The molecule has 1 aromatic heterocycles. The summed E-state index contributed by atoms with van der Waals surface area (Å²) in [5.74, 6) is 0.357. The van der Waals surface area contributed by atoms with Gasteiger partial charge in [-0.15, -0.1) is 0 Å². The number of halogens is 3. The van der Waals surface area contributed by atoms with Crippen molar-refractivity contribution >= 4 is 27.9 Å². The Morgan fingerprint density at radius 1 is 1.23 bits per heavy atom. The summed E-state index contributed by atoms with van der Waals surface area (Å²) in [7, 11) is 2.09. The fraction of sp³-hybridized carbons (Fsp3) is 0.500. The van der Waals surface area contributed by atoms with Crippen LogP contribution in [0.3, 0.4) is 0 Å². The Morgan fingerprint density at radius 2 is 1.90 bits per heavy atom. The summed E-state index contributed by atoms with van der Waals surface area (Å²) in [5, 5.41) is 7.63. The number of nitrogens with one attached hydrogen (secondary N) is 2. The molecule has 0 radical (unpaired) electrons. The molecule has 0 amide bonds. The van der Waals surface area contributed by atoms with Gasteiger partial charge in [0.15, 0.2) is 0 Å². The molecule has 5 nitrogen and oxygen atoms in total. The van der Waals surface area contributed by atoms with E-state index in [4.69, 9.17) is 5.73 Å². The molecule has 0 atom stereocenters. The Labute approximate surface area is 176 Å². The number of fused-ring (bicyclic) bond motifs is 1. The summed E-state index contributed by atoms with van der Waals surface area (Å²) in [6.45, 7) is 10.0. The lowest BCUT2D eigenvalue weighted by Crippen LogP contribution is -2.36. The number of nitrogens with zero attached hydrogens (tertiary/aromatic N) is 2. The first-order chi connectivity index (χ1) is 14.3. The molecule has 8 heteroatoms. The van der Waals surface area contributed by atoms with Gasteiger partial charge in [-0.1, -0.05) is 32.6 Å². The number of alkyl halides is 3. The van der Waals surface area contributed by atoms with Crippen LogP contribution >= 0.6 is 0 Å². The van der Waals surface area contributed by atoms with Crippen molar-refractivity contribution in [3.8, 4) is 0 Å². The number of hydrogen-bond donors (Lipinski definition) is 3. The molecular weight excluding hydrogens is 391 g/mol. The van der Waals surface area contributed by atoms with E-state index in [-0.39, 0.29) is 11.7 Å². The van der Waals surface area contributed by atoms with Crippen molar-refractivity contribution < 1.29 is 13.2 Å². The number of pyridine rings is 1. The van der Waals surface area contributed by atoms with Crippen molar-refractivity contribution in [1.29, 1.82) is 0 Å². The van der Waals surface area contributed by atoms with Crippen LogP contribution < -0.4 is 16.4 Å². The maximum Gasteiger partial charge on any atom is 0.417 e. The van der Waals surface area contributed by atoms with Crippen LogP contribution in [0.25, 0.3) is 16.3 Å². The number of hydrogen-bond acceptors (Lipinski definition) is 5. The number of allylic oxidation sites excluding steroid dienone is 1. The predicted octanol–water partition coefficient (Wildman–Crippen LogP) is 4.71. The molecule has 1 saturated heterocycles. The molecule has 1 aromatic carbocycles. The molecule has 166 valence electrons. The first-order valence-corrected chi connectivity index (χ1v) is 10.4. The molecule has 1 aliphatic heterocycles. The third-order valence-corrected chi connectivity index (χ3v) is 5.03. The lowest BCUT2D eigenvalue weighted by Gasteiger charge is -2.30. The average Bonchev–Trinajstić information content (AvgIpc) is 2.74. The molecule has 0 unspecified atom stereocenters. The highest BCUT2D eigenvalue weighted by Gasteiger charge is 2.35. The normalized spacial score (nSPS) is 15.4. The summed E-state index contributed by atoms with van der Waals surface area (Å²) in [6, 6.07) is 7.36. The zero-order valence-electron chi connectivity index (χ0n) is 17.9. The van der Waals surface area contributed by atoms with Crippen molar-refractivity contribution in [2.45, 2.75) is 38.9 Å². The quantitative estimate of drug-likeness (QED) is 0.628. The molecule has 0 saturated carbocycles. The smallest absolute Gasteiger partial charge is 0.382 e. The number of aromatic nitrogens is 1. The van der Waals surface area contributed by atoms with E-state index in [9.17, 15) is 13.2 Å². The number of likely N-dealkylation sites (tertiary alicyclic amines) is 1. The summed E-state index contributed by atoms with van der Waals surface area (Å²) in [5.41, 5.74) is 5.21. The second kappa shape index (κ2) is 10.6. The van der Waals surface area contributed by atoms with E-state index in [0.29, 0.717) is 29.7 Å². The van der Waals surface area contributed by atoms with Crippen molar-refractivity contribution in [3.63, 3.8) is 0 Å². The fourth-order valence-corrected chi connectivity index (χ4v) is 3.43. The largest absolute Gasteiger partial charge is 0.417 e. The van der Waals surface area contributed by atoms with Gasteiger partial charge in [-0.25, -0.2) is 4.98 Å². The summed E-state index contributed by atoms with van der Waals surface area (Å²) in [6.07, 6.45) is -2.58. The Morgan fingerprint density at radius 3 is 2.50 bits per heavy atom. The van der Waals surface area contributed by atoms with Crippen LogP contribution in [0, 0.1) is 0 Å². The highest BCUT2D eigenvalue weighted by molar-refractivity contribution is 6.01. The van der Waals surface area contributed by atoms with E-state index < -0.39 is 11.7 Å². The van der Waals surface area contributed by atoms with Crippen LogP contribution in [0.1, 0.15) is 32.4 Å². The fourth-order valence-electron chi connectivity index (χ4n) is 3.43. The monoisotopic (exact) mass is 423 g/mol. The van der Waals surface area contributed by atoms with Crippen molar-refractivity contribution in [2.24, 2.45) is 5.73 Å². The first kappa shape index (κ1) is 24.0. The maximum atomic E-state index is 13.4. The van der Waals surface area contributed by atoms with E-state index in [0.717, 1.165) is 31.6 Å². The second-order valence-corrected chi connectivity index (χ2v) is 7.17. The van der Waals surface area contributed by atoms with E-state index in [1.54, 1.807) is 18.2 Å². The molecule has 1 fully saturated rings. The number of benzene rings is 1. The van der Waals surface area contributed by atoms with Gasteiger partial charge in [-0.3, -0.25) is 0 Å². The van der Waals surface area contributed by atoms with E-state index >= 15 is 0 Å². The number of piperidine rings is 1. The van der Waals surface area contributed by atoms with Crippen LogP contribution in [-0.4, -0.2) is 55.3 Å². The van der Waals surface area contributed by atoms with Gasteiger partial charge in [0.25, 0.3) is 0 Å². The minimum Gasteiger partial charge on any atom is -0.382 e. The Bertz CT molecular complexity index is 843. The molecule has 0 spiro atoms. The summed E-state index contributed by atoms with van der Waals surface area (Å²) < 4.78 is 40.1. The first-order valence-electron chi connectivity index (χ1n) is 10.4. The lowest BCUT2D eigenvalue weighted by molar-refractivity contribution is -0.0688. The highest BCUT2D eigenvalue weighted by atomic mass is 19.4. The minimum atomic E-state index is -4.55. The van der Waals surface area contributed by atoms with Gasteiger partial charge in [-0.2, -0.15) is 13.2 Å². The van der Waals surface area contributed by atoms with Crippen molar-refractivity contribution in [2.75, 3.05) is 43.9 Å². The van der Waals surface area contributed by atoms with Crippen LogP contribution in [0.4, 0.5) is 24.7 Å². The average molecular weight is 424 g/mol. The van der Waals surface area contributed by atoms with E-state index in [1.807, 2.05) is 19.9 Å². The van der Waals surface area contributed by atoms with E-state index in [1.165, 1.54) is 0 Å². The number of nitrogens with two attached hydrogens (primary N) is 1. The van der Waals surface area contributed by atoms with Gasteiger partial charge >= 0.3 is 6.18 Å². The number of anilines is 2. The molecule has 1 aliphatic rings. The van der Waals surface area contributed by atoms with E-state index in [2.05, 4.69) is 34.1 Å². The second-order valence-electron chi connectivity index (χ2n) is 7.17.